The first kappa shape index (κ1) is 10.7. The van der Waals surface area contributed by atoms with E-state index in [1.165, 1.54) is 0 Å². The van der Waals surface area contributed by atoms with Gasteiger partial charge in [-0.25, -0.2) is 0 Å². The Labute approximate surface area is 83.3 Å². The van der Waals surface area contributed by atoms with Gasteiger partial charge < -0.3 is 14.6 Å². The highest BCUT2D eigenvalue weighted by atomic mass is 16.6. The predicted octanol–water partition coefficient (Wildman–Crippen LogP) is 1.54. The van der Waals surface area contributed by atoms with Crippen molar-refractivity contribution in [2.24, 2.45) is 0 Å². The van der Waals surface area contributed by atoms with Gasteiger partial charge >= 0.3 is 0 Å². The van der Waals surface area contributed by atoms with E-state index in [0.29, 0.717) is 12.2 Å². The second-order valence-electron chi connectivity index (χ2n) is 3.12. The van der Waals surface area contributed by atoms with Crippen molar-refractivity contribution in [3.63, 3.8) is 0 Å². The number of rotatable bonds is 5. The number of carbonyl (C=O) groups excluding carboxylic acids is 1. The summed E-state index contributed by atoms with van der Waals surface area (Å²) in [6.45, 7) is 1.27. The molecule has 14 heavy (non-hydrogen) atoms. The highest BCUT2D eigenvalue weighted by molar-refractivity contribution is 5.75. The average molecular weight is 194 g/mol. The zero-order chi connectivity index (χ0) is 10.4. The quantitative estimate of drug-likeness (QED) is 0.723. The molecule has 3 heteroatoms. The van der Waals surface area contributed by atoms with Crippen LogP contribution in [0.15, 0.2) is 24.3 Å². The molecule has 0 bridgehead atoms. The molecule has 3 nitrogen and oxygen atoms in total. The average Bonchev–Trinajstić information content (AvgIpc) is 2.17. The molecule has 0 aliphatic rings. The summed E-state index contributed by atoms with van der Waals surface area (Å²) in [5.74, 6) is 0.833. The van der Waals surface area contributed by atoms with Gasteiger partial charge in [-0.2, -0.15) is 0 Å². The van der Waals surface area contributed by atoms with Crippen molar-refractivity contribution in [1.82, 2.24) is 0 Å². The zero-order valence-electron chi connectivity index (χ0n) is 8.19. The van der Waals surface area contributed by atoms with E-state index in [9.17, 15) is 4.79 Å². The maximum absolute atomic E-state index is 10.7. The van der Waals surface area contributed by atoms with E-state index < -0.39 is 0 Å². The molecule has 0 fully saturated rings. The number of benzene rings is 1. The Morgan fingerprint density at radius 1 is 1.36 bits per heavy atom. The second-order valence-corrected chi connectivity index (χ2v) is 3.12. The van der Waals surface area contributed by atoms with Gasteiger partial charge in [0.25, 0.3) is 0 Å². The van der Waals surface area contributed by atoms with Gasteiger partial charge in [0.2, 0.25) is 0 Å². The summed E-state index contributed by atoms with van der Waals surface area (Å²) in [6, 6.07) is 7.36. The Hall–Kier alpha value is -1.35. The van der Waals surface area contributed by atoms with Crippen molar-refractivity contribution in [3.05, 3.63) is 29.8 Å². The van der Waals surface area contributed by atoms with E-state index in [-0.39, 0.29) is 12.6 Å². The molecular formula is C11H14O3. The van der Waals surface area contributed by atoms with E-state index in [1.807, 2.05) is 12.1 Å². The first-order valence-electron chi connectivity index (χ1n) is 4.54. The summed E-state index contributed by atoms with van der Waals surface area (Å²) < 4.78 is 4.88. The van der Waals surface area contributed by atoms with Crippen LogP contribution in [0.3, 0.4) is 0 Å². The van der Waals surface area contributed by atoms with Gasteiger partial charge in [-0.1, -0.05) is 12.1 Å². The molecule has 0 radical (unpaired) electrons. The van der Waals surface area contributed by atoms with E-state index >= 15 is 0 Å². The van der Waals surface area contributed by atoms with E-state index in [2.05, 4.69) is 0 Å². The number of carbonyl (C=O) groups is 1. The molecular weight excluding hydrogens is 180 g/mol. The number of ether oxygens (including phenoxy) is 1. The molecule has 0 unspecified atom stereocenters. The van der Waals surface area contributed by atoms with Crippen LogP contribution in [-0.2, 0) is 11.2 Å². The topological polar surface area (TPSA) is 46.5 Å². The summed E-state index contributed by atoms with van der Waals surface area (Å²) in [4.78, 5) is 10.7. The van der Waals surface area contributed by atoms with Gasteiger partial charge in [0.15, 0.2) is 6.79 Å². The third kappa shape index (κ3) is 3.58. The molecule has 0 spiro atoms. The molecule has 1 rings (SSSR count). The molecule has 1 aromatic carbocycles. The molecule has 0 atom stereocenters. The maximum atomic E-state index is 10.7. The van der Waals surface area contributed by atoms with Gasteiger partial charge in [-0.15, -0.1) is 0 Å². The van der Waals surface area contributed by atoms with Crippen LogP contribution in [0.1, 0.15) is 18.9 Å². The Balaban J connectivity index is 2.50. The lowest BCUT2D eigenvalue weighted by molar-refractivity contribution is -0.116. The lowest BCUT2D eigenvalue weighted by atomic mass is 10.1. The minimum absolute atomic E-state index is 0.195. The van der Waals surface area contributed by atoms with Crippen LogP contribution in [0.4, 0.5) is 0 Å². The number of aryl methyl sites for hydroxylation is 1. The Morgan fingerprint density at radius 3 is 2.50 bits per heavy atom. The molecule has 1 aromatic rings. The monoisotopic (exact) mass is 194 g/mol. The first-order chi connectivity index (χ1) is 6.72. The third-order valence-electron chi connectivity index (χ3n) is 1.92. The smallest absolute Gasteiger partial charge is 0.186 e. The van der Waals surface area contributed by atoms with Gasteiger partial charge in [0.1, 0.15) is 11.5 Å². The fourth-order valence-corrected chi connectivity index (χ4v) is 1.15. The summed E-state index contributed by atoms with van der Waals surface area (Å²) in [6.07, 6.45) is 1.33. The van der Waals surface area contributed by atoms with Crippen LogP contribution in [0.25, 0.3) is 0 Å². The van der Waals surface area contributed by atoms with Crippen LogP contribution in [0, 0.1) is 0 Å². The van der Waals surface area contributed by atoms with Gasteiger partial charge in [0.05, 0.1) is 0 Å². The lowest BCUT2D eigenvalue weighted by Crippen LogP contribution is -1.96. The van der Waals surface area contributed by atoms with Crippen LogP contribution in [0.5, 0.6) is 5.75 Å². The molecule has 0 aliphatic carbocycles. The van der Waals surface area contributed by atoms with Gasteiger partial charge in [-0.05, 0) is 31.0 Å². The highest BCUT2D eigenvalue weighted by Crippen LogP contribution is 2.12. The summed E-state index contributed by atoms with van der Waals surface area (Å²) in [5, 5.41) is 8.50. The third-order valence-corrected chi connectivity index (χ3v) is 1.92. The van der Waals surface area contributed by atoms with Crippen molar-refractivity contribution in [1.29, 1.82) is 0 Å². The molecule has 0 saturated carbocycles. The van der Waals surface area contributed by atoms with E-state index in [1.54, 1.807) is 19.1 Å². The molecule has 1 N–H and O–H groups in total. The lowest BCUT2D eigenvalue weighted by Gasteiger charge is -2.03. The fourth-order valence-electron chi connectivity index (χ4n) is 1.15. The number of aliphatic hydroxyl groups excluding tert-OH is 1. The Bertz CT molecular complexity index is 290. The number of aliphatic hydroxyl groups is 1. The molecule has 0 saturated heterocycles. The Morgan fingerprint density at radius 2 is 2.00 bits per heavy atom. The van der Waals surface area contributed by atoms with Crippen molar-refractivity contribution < 1.29 is 14.6 Å². The number of ketones is 1. The van der Waals surface area contributed by atoms with Crippen molar-refractivity contribution in [2.75, 3.05) is 6.79 Å². The van der Waals surface area contributed by atoms with E-state index in [0.717, 1.165) is 12.0 Å². The van der Waals surface area contributed by atoms with Crippen molar-refractivity contribution in [3.8, 4) is 5.75 Å². The van der Waals surface area contributed by atoms with Crippen molar-refractivity contribution >= 4 is 5.78 Å². The molecule has 0 amide bonds. The van der Waals surface area contributed by atoms with Crippen LogP contribution >= 0.6 is 0 Å². The minimum atomic E-state index is -0.313. The predicted molar refractivity (Wildman–Crippen MR) is 53.2 cm³/mol. The van der Waals surface area contributed by atoms with Crippen LogP contribution < -0.4 is 4.74 Å². The standard InChI is InChI=1S/C11H14O3/c1-9(13)2-3-10-4-6-11(7-5-10)14-8-12/h4-7,12H,2-3,8H2,1H3. The van der Waals surface area contributed by atoms with Gasteiger partial charge in [0, 0.05) is 6.42 Å². The zero-order valence-corrected chi connectivity index (χ0v) is 8.19. The molecule has 76 valence electrons. The summed E-state index contributed by atoms with van der Waals surface area (Å²) >= 11 is 0. The highest BCUT2D eigenvalue weighted by Gasteiger charge is 1.97. The largest absolute Gasteiger partial charge is 0.468 e. The van der Waals surface area contributed by atoms with Crippen molar-refractivity contribution in [2.45, 2.75) is 19.8 Å². The second kappa shape index (κ2) is 5.40. The molecule has 0 aromatic heterocycles. The van der Waals surface area contributed by atoms with Crippen LogP contribution in [0.2, 0.25) is 0 Å². The van der Waals surface area contributed by atoms with Gasteiger partial charge in [-0.3, -0.25) is 0 Å². The fraction of sp³-hybridized carbons (Fsp3) is 0.364. The normalized spacial score (nSPS) is 9.86. The summed E-state index contributed by atoms with van der Waals surface area (Å²) in [7, 11) is 0. The molecule has 0 aliphatic heterocycles. The minimum Gasteiger partial charge on any atom is -0.468 e. The number of Topliss-reactive ketones (excluding diaryl/α,β-unsaturated/α-hetero) is 1. The number of hydrogen-bond donors (Lipinski definition) is 1. The Kier molecular flexibility index (Phi) is 4.13. The summed E-state index contributed by atoms with van der Waals surface area (Å²) in [5.41, 5.74) is 1.10. The maximum Gasteiger partial charge on any atom is 0.186 e. The SMILES string of the molecule is CC(=O)CCc1ccc(OCO)cc1. The number of hydrogen-bond acceptors (Lipinski definition) is 3. The van der Waals surface area contributed by atoms with Crippen LogP contribution in [-0.4, -0.2) is 17.7 Å². The first-order valence-corrected chi connectivity index (χ1v) is 4.54. The molecule has 0 heterocycles. The van der Waals surface area contributed by atoms with E-state index in [4.69, 9.17) is 9.84 Å².